The Bertz CT molecular complexity index is 849. The highest BCUT2D eigenvalue weighted by Gasteiger charge is 2.12. The molecule has 3 aromatic rings. The number of amides is 1. The number of rotatable bonds is 4. The number of aryl methyl sites for hydroxylation is 1. The fraction of sp³-hybridized carbons (Fsp3) is 0.263. The number of hydrogen-bond acceptors (Lipinski definition) is 2. The third kappa shape index (κ3) is 3.26. The molecule has 0 fully saturated rings. The molecule has 0 unspecified atom stereocenters. The first-order chi connectivity index (χ1) is 11.0. The van der Waals surface area contributed by atoms with Crippen molar-refractivity contribution in [2.24, 2.45) is 0 Å². The Balaban J connectivity index is 1.97. The van der Waals surface area contributed by atoms with E-state index in [1.165, 1.54) is 11.1 Å². The lowest BCUT2D eigenvalue weighted by molar-refractivity contribution is -0.120. The lowest BCUT2D eigenvalue weighted by Crippen LogP contribution is -2.31. The number of pyridine rings is 1. The van der Waals surface area contributed by atoms with E-state index in [1.54, 1.807) is 0 Å². The van der Waals surface area contributed by atoms with Gasteiger partial charge in [-0.2, -0.15) is 0 Å². The number of nitrogens with one attached hydrogen (secondary N) is 2. The molecule has 2 heterocycles. The van der Waals surface area contributed by atoms with E-state index < -0.39 is 0 Å². The maximum absolute atomic E-state index is 12.0. The first kappa shape index (κ1) is 15.3. The largest absolute Gasteiger partial charge is 0.354 e. The minimum absolute atomic E-state index is 0.0298. The zero-order chi connectivity index (χ0) is 16.4. The van der Waals surface area contributed by atoms with E-state index in [0.29, 0.717) is 6.42 Å². The maximum atomic E-state index is 12.0. The van der Waals surface area contributed by atoms with Crippen molar-refractivity contribution in [2.75, 3.05) is 0 Å². The van der Waals surface area contributed by atoms with Crippen LogP contribution in [0, 0.1) is 6.92 Å². The van der Waals surface area contributed by atoms with E-state index in [0.717, 1.165) is 22.2 Å². The van der Waals surface area contributed by atoms with E-state index in [1.807, 2.05) is 38.4 Å². The molecule has 4 nitrogen and oxygen atoms in total. The van der Waals surface area contributed by atoms with E-state index in [9.17, 15) is 4.79 Å². The molecule has 23 heavy (non-hydrogen) atoms. The lowest BCUT2D eigenvalue weighted by atomic mass is 10.0. The number of carbonyl (C=O) groups excluding carboxylic acids is 1. The number of H-pyrrole nitrogens is 1. The van der Waals surface area contributed by atoms with Gasteiger partial charge in [0.1, 0.15) is 5.65 Å². The van der Waals surface area contributed by atoms with Crippen LogP contribution >= 0.6 is 0 Å². The van der Waals surface area contributed by atoms with Gasteiger partial charge in [0, 0.05) is 29.4 Å². The second-order valence-electron chi connectivity index (χ2n) is 6.15. The van der Waals surface area contributed by atoms with Gasteiger partial charge < -0.3 is 10.3 Å². The van der Waals surface area contributed by atoms with Crippen LogP contribution in [0.2, 0.25) is 0 Å². The Kier molecular flexibility index (Phi) is 4.15. The minimum atomic E-state index is 0.0298. The molecule has 0 bridgehead atoms. The molecule has 0 aliphatic rings. The molecule has 1 aromatic carbocycles. The van der Waals surface area contributed by atoms with Gasteiger partial charge in [-0.25, -0.2) is 4.98 Å². The average Bonchev–Trinajstić information content (AvgIpc) is 2.89. The molecule has 0 aliphatic heterocycles. The van der Waals surface area contributed by atoms with Crippen molar-refractivity contribution in [1.29, 1.82) is 0 Å². The molecule has 0 atom stereocenters. The molecule has 2 N–H and O–H groups in total. The summed E-state index contributed by atoms with van der Waals surface area (Å²) in [7, 11) is 0. The maximum Gasteiger partial charge on any atom is 0.224 e. The smallest absolute Gasteiger partial charge is 0.224 e. The van der Waals surface area contributed by atoms with E-state index in [-0.39, 0.29) is 11.9 Å². The molecule has 1 amide bonds. The van der Waals surface area contributed by atoms with Crippen LogP contribution < -0.4 is 5.32 Å². The summed E-state index contributed by atoms with van der Waals surface area (Å²) in [6.45, 7) is 6.02. The molecular formula is C19H21N3O. The molecule has 118 valence electrons. The average molecular weight is 307 g/mol. The van der Waals surface area contributed by atoms with Crippen molar-refractivity contribution in [3.05, 3.63) is 53.9 Å². The zero-order valence-electron chi connectivity index (χ0n) is 13.7. The van der Waals surface area contributed by atoms with Crippen molar-refractivity contribution in [3.8, 4) is 11.1 Å². The molecule has 0 aliphatic carbocycles. The molecule has 0 saturated heterocycles. The van der Waals surface area contributed by atoms with Gasteiger partial charge in [-0.15, -0.1) is 0 Å². The van der Waals surface area contributed by atoms with Crippen molar-refractivity contribution < 1.29 is 4.79 Å². The molecule has 0 spiro atoms. The Morgan fingerprint density at radius 1 is 1.30 bits per heavy atom. The quantitative estimate of drug-likeness (QED) is 0.773. The number of fused-ring (bicyclic) bond motifs is 1. The summed E-state index contributed by atoms with van der Waals surface area (Å²) < 4.78 is 0. The minimum Gasteiger partial charge on any atom is -0.354 e. The number of benzene rings is 1. The lowest BCUT2D eigenvalue weighted by Gasteiger charge is -2.08. The van der Waals surface area contributed by atoms with Crippen molar-refractivity contribution in [1.82, 2.24) is 15.3 Å². The van der Waals surface area contributed by atoms with Crippen molar-refractivity contribution >= 4 is 16.9 Å². The van der Waals surface area contributed by atoms with Crippen LogP contribution in [0.1, 0.15) is 25.0 Å². The predicted molar refractivity (Wildman–Crippen MR) is 93.2 cm³/mol. The topological polar surface area (TPSA) is 57.8 Å². The van der Waals surface area contributed by atoms with Crippen LogP contribution in [-0.4, -0.2) is 21.9 Å². The molecule has 4 heteroatoms. The van der Waals surface area contributed by atoms with Gasteiger partial charge in [-0.05, 0) is 43.5 Å². The van der Waals surface area contributed by atoms with Crippen LogP contribution in [0.5, 0.6) is 0 Å². The van der Waals surface area contributed by atoms with Crippen molar-refractivity contribution in [2.45, 2.75) is 33.2 Å². The fourth-order valence-corrected chi connectivity index (χ4v) is 2.79. The molecule has 2 aromatic heterocycles. The highest BCUT2D eigenvalue weighted by atomic mass is 16.1. The fourth-order valence-electron chi connectivity index (χ4n) is 2.79. The van der Waals surface area contributed by atoms with Gasteiger partial charge in [0.2, 0.25) is 5.91 Å². The van der Waals surface area contributed by atoms with Crippen LogP contribution in [0.3, 0.4) is 0 Å². The Hall–Kier alpha value is -2.62. The van der Waals surface area contributed by atoms with Crippen LogP contribution in [0.15, 0.2) is 42.7 Å². The van der Waals surface area contributed by atoms with Gasteiger partial charge in [-0.1, -0.05) is 24.3 Å². The van der Waals surface area contributed by atoms with E-state index in [4.69, 9.17) is 0 Å². The van der Waals surface area contributed by atoms with Gasteiger partial charge in [0.15, 0.2) is 0 Å². The standard InChI is InChI=1S/C19H21N3O/c1-12(2)22-18(23)9-15-11-21-19-17(15)8-14(10-20-19)16-7-5-4-6-13(16)3/h4-8,10-12H,9H2,1-3H3,(H,20,21)(H,22,23). The number of hydrogen-bond donors (Lipinski definition) is 2. The number of nitrogens with zero attached hydrogens (tertiary/aromatic N) is 1. The molecular weight excluding hydrogens is 286 g/mol. The molecule has 0 saturated carbocycles. The van der Waals surface area contributed by atoms with Crippen molar-refractivity contribution in [3.63, 3.8) is 0 Å². The second kappa shape index (κ2) is 6.24. The Morgan fingerprint density at radius 2 is 2.09 bits per heavy atom. The van der Waals surface area contributed by atoms with Gasteiger partial charge in [-0.3, -0.25) is 4.79 Å². The zero-order valence-corrected chi connectivity index (χ0v) is 13.7. The SMILES string of the molecule is Cc1ccccc1-c1cnc2[nH]cc(CC(=O)NC(C)C)c2c1. The van der Waals surface area contributed by atoms with E-state index in [2.05, 4.69) is 40.4 Å². The van der Waals surface area contributed by atoms with Gasteiger partial charge in [0.05, 0.1) is 6.42 Å². The number of aromatic amines is 1. The van der Waals surface area contributed by atoms with Gasteiger partial charge in [0.25, 0.3) is 0 Å². The number of carbonyl (C=O) groups is 1. The summed E-state index contributed by atoms with van der Waals surface area (Å²) >= 11 is 0. The van der Waals surface area contributed by atoms with Crippen LogP contribution in [0.4, 0.5) is 0 Å². The summed E-state index contributed by atoms with van der Waals surface area (Å²) in [6.07, 6.45) is 4.11. The first-order valence-corrected chi connectivity index (χ1v) is 7.86. The Morgan fingerprint density at radius 3 is 2.83 bits per heavy atom. The second-order valence-corrected chi connectivity index (χ2v) is 6.15. The molecule has 3 rings (SSSR count). The monoisotopic (exact) mass is 307 g/mol. The summed E-state index contributed by atoms with van der Waals surface area (Å²) in [5.74, 6) is 0.0298. The van der Waals surface area contributed by atoms with Crippen LogP contribution in [0.25, 0.3) is 22.2 Å². The highest BCUT2D eigenvalue weighted by molar-refractivity contribution is 5.89. The van der Waals surface area contributed by atoms with Gasteiger partial charge >= 0.3 is 0 Å². The molecule has 0 radical (unpaired) electrons. The summed E-state index contributed by atoms with van der Waals surface area (Å²) in [6, 6.07) is 10.5. The third-order valence-corrected chi connectivity index (χ3v) is 3.87. The predicted octanol–water partition coefficient (Wildman–Crippen LogP) is 3.61. The number of aromatic nitrogens is 2. The summed E-state index contributed by atoms with van der Waals surface area (Å²) in [5.41, 5.74) is 5.24. The summed E-state index contributed by atoms with van der Waals surface area (Å²) in [5, 5.41) is 3.93. The Labute approximate surface area is 136 Å². The normalized spacial score (nSPS) is 11.1. The van der Waals surface area contributed by atoms with Crippen LogP contribution in [-0.2, 0) is 11.2 Å². The summed E-state index contributed by atoms with van der Waals surface area (Å²) in [4.78, 5) is 19.7. The van der Waals surface area contributed by atoms with E-state index >= 15 is 0 Å². The first-order valence-electron chi connectivity index (χ1n) is 7.86. The third-order valence-electron chi connectivity index (χ3n) is 3.87. The highest BCUT2D eigenvalue weighted by Crippen LogP contribution is 2.27.